The molecule has 2 aromatic carbocycles. The van der Waals surface area contributed by atoms with Gasteiger partial charge in [0.1, 0.15) is 0 Å². The Kier molecular flexibility index (Phi) is 5.91. The monoisotopic (exact) mass is 371 g/mol. The van der Waals surface area contributed by atoms with E-state index in [1.165, 1.54) is 5.56 Å². The van der Waals surface area contributed by atoms with E-state index in [-0.39, 0.29) is 6.04 Å². The van der Waals surface area contributed by atoms with E-state index in [0.29, 0.717) is 10.0 Å². The maximum Gasteiger partial charge on any atom is 0.0453 e. The van der Waals surface area contributed by atoms with Crippen LogP contribution >= 0.6 is 39.1 Å². The van der Waals surface area contributed by atoms with Crippen molar-refractivity contribution in [2.45, 2.75) is 19.4 Å². The molecule has 0 spiro atoms. The topological polar surface area (TPSA) is 12.0 Å². The third-order valence-electron chi connectivity index (χ3n) is 3.20. The van der Waals surface area contributed by atoms with Crippen LogP contribution in [0.25, 0.3) is 0 Å². The molecular formula is C16H16BrCl2N. The lowest BCUT2D eigenvalue weighted by molar-refractivity contribution is 0.548. The molecule has 0 saturated heterocycles. The minimum absolute atomic E-state index is 0.174. The molecule has 2 rings (SSSR count). The van der Waals surface area contributed by atoms with Gasteiger partial charge in [-0.3, -0.25) is 0 Å². The third-order valence-corrected chi connectivity index (χ3v) is 4.63. The van der Waals surface area contributed by atoms with Crippen LogP contribution in [0.2, 0.25) is 10.0 Å². The fourth-order valence-corrected chi connectivity index (χ4v) is 3.34. The molecule has 20 heavy (non-hydrogen) atoms. The van der Waals surface area contributed by atoms with Crippen LogP contribution in [-0.2, 0) is 6.42 Å². The lowest BCUT2D eigenvalue weighted by Crippen LogP contribution is -2.23. The number of benzene rings is 2. The fourth-order valence-electron chi connectivity index (χ4n) is 2.23. The molecule has 1 atom stereocenters. The first-order valence-corrected chi connectivity index (χ1v) is 8.09. The lowest BCUT2D eigenvalue weighted by Gasteiger charge is -2.21. The van der Waals surface area contributed by atoms with E-state index < -0.39 is 0 Å². The predicted molar refractivity (Wildman–Crippen MR) is 90.7 cm³/mol. The van der Waals surface area contributed by atoms with E-state index >= 15 is 0 Å². The largest absolute Gasteiger partial charge is 0.310 e. The van der Waals surface area contributed by atoms with Crippen molar-refractivity contribution in [3.05, 3.63) is 68.1 Å². The molecule has 0 radical (unpaired) electrons. The van der Waals surface area contributed by atoms with E-state index in [4.69, 9.17) is 23.2 Å². The summed E-state index contributed by atoms with van der Waals surface area (Å²) in [6.45, 7) is 2.98. The molecule has 2 aromatic rings. The highest BCUT2D eigenvalue weighted by Gasteiger charge is 2.17. The first-order valence-electron chi connectivity index (χ1n) is 6.54. The molecule has 0 aromatic heterocycles. The number of halogens is 3. The van der Waals surface area contributed by atoms with Gasteiger partial charge in [0, 0.05) is 20.6 Å². The van der Waals surface area contributed by atoms with Gasteiger partial charge in [0.05, 0.1) is 0 Å². The summed E-state index contributed by atoms with van der Waals surface area (Å²) in [6, 6.07) is 14.0. The van der Waals surface area contributed by atoms with Crippen molar-refractivity contribution in [3.63, 3.8) is 0 Å². The quantitative estimate of drug-likeness (QED) is 0.714. The second-order valence-electron chi connectivity index (χ2n) is 4.54. The van der Waals surface area contributed by atoms with Crippen molar-refractivity contribution in [2.24, 2.45) is 0 Å². The Bertz CT molecular complexity index is 566. The number of hydrogen-bond acceptors (Lipinski definition) is 1. The average Bonchev–Trinajstić information content (AvgIpc) is 2.43. The maximum atomic E-state index is 6.28. The number of likely N-dealkylation sites (N-methyl/N-ethyl adjacent to an activating group) is 1. The standard InChI is InChI=1S/C16H16BrCl2N/c1-2-20-16(11-6-3-4-7-13(11)17)10-12-14(18)8-5-9-15(12)19/h3-9,16,20H,2,10H2,1H3. The summed E-state index contributed by atoms with van der Waals surface area (Å²) in [5.74, 6) is 0. The molecule has 0 fully saturated rings. The van der Waals surface area contributed by atoms with E-state index in [0.717, 1.165) is 23.0 Å². The van der Waals surface area contributed by atoms with Crippen molar-refractivity contribution in [3.8, 4) is 0 Å². The Morgan fingerprint density at radius 3 is 2.30 bits per heavy atom. The third kappa shape index (κ3) is 3.76. The summed E-state index contributed by atoms with van der Waals surface area (Å²) in [5.41, 5.74) is 2.20. The van der Waals surface area contributed by atoms with E-state index in [9.17, 15) is 0 Å². The molecule has 4 heteroatoms. The Morgan fingerprint density at radius 2 is 1.70 bits per heavy atom. The fraction of sp³-hybridized carbons (Fsp3) is 0.250. The summed E-state index contributed by atoms with van der Waals surface area (Å²) in [6.07, 6.45) is 0.759. The first-order chi connectivity index (χ1) is 9.63. The smallest absolute Gasteiger partial charge is 0.0453 e. The second kappa shape index (κ2) is 7.46. The van der Waals surface area contributed by atoms with E-state index in [1.54, 1.807) is 0 Å². The first kappa shape index (κ1) is 15.8. The van der Waals surface area contributed by atoms with Crippen molar-refractivity contribution in [1.29, 1.82) is 0 Å². The van der Waals surface area contributed by atoms with Gasteiger partial charge in [-0.1, -0.05) is 70.3 Å². The van der Waals surface area contributed by atoms with Crippen molar-refractivity contribution in [2.75, 3.05) is 6.54 Å². The number of nitrogens with one attached hydrogen (secondary N) is 1. The van der Waals surface area contributed by atoms with Gasteiger partial charge in [-0.15, -0.1) is 0 Å². The van der Waals surface area contributed by atoms with Crippen LogP contribution in [-0.4, -0.2) is 6.54 Å². The van der Waals surface area contributed by atoms with Crippen LogP contribution < -0.4 is 5.32 Å². The zero-order chi connectivity index (χ0) is 14.5. The highest BCUT2D eigenvalue weighted by molar-refractivity contribution is 9.10. The molecule has 1 unspecified atom stereocenters. The lowest BCUT2D eigenvalue weighted by atomic mass is 9.98. The highest BCUT2D eigenvalue weighted by atomic mass is 79.9. The number of rotatable bonds is 5. The van der Waals surface area contributed by atoms with Gasteiger partial charge < -0.3 is 5.32 Å². The molecule has 1 nitrogen and oxygen atoms in total. The summed E-state index contributed by atoms with van der Waals surface area (Å²) in [5, 5.41) is 4.93. The summed E-state index contributed by atoms with van der Waals surface area (Å²) in [7, 11) is 0. The highest BCUT2D eigenvalue weighted by Crippen LogP contribution is 2.31. The van der Waals surface area contributed by atoms with Crippen molar-refractivity contribution in [1.82, 2.24) is 5.32 Å². The molecular weight excluding hydrogens is 357 g/mol. The zero-order valence-corrected chi connectivity index (χ0v) is 14.3. The Balaban J connectivity index is 2.33. The van der Waals surface area contributed by atoms with E-state index in [1.807, 2.05) is 36.4 Å². The van der Waals surface area contributed by atoms with Crippen LogP contribution in [0, 0.1) is 0 Å². The van der Waals surface area contributed by atoms with E-state index in [2.05, 4.69) is 34.2 Å². The normalized spacial score (nSPS) is 12.4. The van der Waals surface area contributed by atoms with Gasteiger partial charge in [0.2, 0.25) is 0 Å². The summed E-state index contributed by atoms with van der Waals surface area (Å²) >= 11 is 16.2. The molecule has 0 amide bonds. The Hall–Kier alpha value is -0.540. The maximum absolute atomic E-state index is 6.28. The van der Waals surface area contributed by atoms with Gasteiger partial charge in [-0.05, 0) is 42.3 Å². The summed E-state index contributed by atoms with van der Waals surface area (Å²) in [4.78, 5) is 0. The molecule has 0 aliphatic rings. The van der Waals surface area contributed by atoms with Gasteiger partial charge in [0.25, 0.3) is 0 Å². The average molecular weight is 373 g/mol. The molecule has 106 valence electrons. The molecule has 1 N–H and O–H groups in total. The van der Waals surface area contributed by atoms with Crippen LogP contribution in [0.1, 0.15) is 24.1 Å². The van der Waals surface area contributed by atoms with Crippen LogP contribution in [0.15, 0.2) is 46.9 Å². The second-order valence-corrected chi connectivity index (χ2v) is 6.20. The number of hydrogen-bond donors (Lipinski definition) is 1. The molecule has 0 bridgehead atoms. The van der Waals surface area contributed by atoms with Crippen LogP contribution in [0.5, 0.6) is 0 Å². The zero-order valence-electron chi connectivity index (χ0n) is 11.2. The van der Waals surface area contributed by atoms with Gasteiger partial charge in [-0.25, -0.2) is 0 Å². The van der Waals surface area contributed by atoms with Crippen LogP contribution in [0.3, 0.4) is 0 Å². The Morgan fingerprint density at radius 1 is 1.05 bits per heavy atom. The van der Waals surface area contributed by atoms with Gasteiger partial charge in [-0.2, -0.15) is 0 Å². The SMILES string of the molecule is CCNC(Cc1c(Cl)cccc1Cl)c1ccccc1Br. The van der Waals surface area contributed by atoms with Crippen molar-refractivity contribution < 1.29 is 0 Å². The minimum Gasteiger partial charge on any atom is -0.310 e. The van der Waals surface area contributed by atoms with Gasteiger partial charge >= 0.3 is 0 Å². The minimum atomic E-state index is 0.174. The molecule has 0 aliphatic carbocycles. The van der Waals surface area contributed by atoms with Crippen LogP contribution in [0.4, 0.5) is 0 Å². The molecule has 0 saturated carbocycles. The van der Waals surface area contributed by atoms with Crippen molar-refractivity contribution >= 4 is 39.1 Å². The predicted octanol–water partition coefficient (Wildman–Crippen LogP) is 5.65. The summed E-state index contributed by atoms with van der Waals surface area (Å²) < 4.78 is 1.09. The Labute approximate surface area is 138 Å². The molecule has 0 aliphatic heterocycles. The molecule has 0 heterocycles. The van der Waals surface area contributed by atoms with Gasteiger partial charge in [0.15, 0.2) is 0 Å².